The third-order valence-corrected chi connectivity index (χ3v) is 5.53. The fraction of sp³-hybridized carbons (Fsp3) is 0.261. The molecule has 1 aliphatic rings. The Morgan fingerprint density at radius 3 is 2.50 bits per heavy atom. The highest BCUT2D eigenvalue weighted by Gasteiger charge is 2.37. The molecule has 3 aromatic rings. The van der Waals surface area contributed by atoms with E-state index in [4.69, 9.17) is 0 Å². The van der Waals surface area contributed by atoms with Crippen molar-refractivity contribution < 1.29 is 4.79 Å². The first-order valence-corrected chi connectivity index (χ1v) is 9.61. The van der Waals surface area contributed by atoms with E-state index in [0.717, 1.165) is 42.4 Å². The predicted octanol–water partition coefficient (Wildman–Crippen LogP) is 3.94. The number of aromatic amines is 1. The van der Waals surface area contributed by atoms with Crippen LogP contribution in [0.5, 0.6) is 0 Å². The summed E-state index contributed by atoms with van der Waals surface area (Å²) in [4.78, 5) is 32.4. The molecular weight excluding hydrogens is 350 g/mol. The van der Waals surface area contributed by atoms with Crippen LogP contribution in [0.15, 0.2) is 65.7 Å². The maximum atomic E-state index is 13.0. The minimum atomic E-state index is -0.403. The summed E-state index contributed by atoms with van der Waals surface area (Å²) >= 11 is 0. The summed E-state index contributed by atoms with van der Waals surface area (Å²) in [5, 5.41) is 3.18. The van der Waals surface area contributed by atoms with Gasteiger partial charge in [-0.05, 0) is 49.6 Å². The summed E-state index contributed by atoms with van der Waals surface area (Å²) in [6.07, 6.45) is 7.22. The molecule has 2 N–H and O–H groups in total. The van der Waals surface area contributed by atoms with Crippen LogP contribution in [0.3, 0.4) is 0 Å². The van der Waals surface area contributed by atoms with Gasteiger partial charge in [-0.1, -0.05) is 42.7 Å². The van der Waals surface area contributed by atoms with Gasteiger partial charge < -0.3 is 10.3 Å². The average Bonchev–Trinajstić information content (AvgIpc) is 3.18. The van der Waals surface area contributed by atoms with Crippen molar-refractivity contribution in [2.45, 2.75) is 38.1 Å². The zero-order valence-electron chi connectivity index (χ0n) is 15.9. The summed E-state index contributed by atoms with van der Waals surface area (Å²) in [5.74, 6) is -0.328. The Balaban J connectivity index is 1.63. The van der Waals surface area contributed by atoms with Crippen molar-refractivity contribution in [3.63, 3.8) is 0 Å². The highest BCUT2D eigenvalue weighted by Crippen LogP contribution is 2.39. The van der Waals surface area contributed by atoms with Gasteiger partial charge in [0.15, 0.2) is 0 Å². The van der Waals surface area contributed by atoms with Gasteiger partial charge in [-0.25, -0.2) is 0 Å². The van der Waals surface area contributed by atoms with E-state index in [1.54, 1.807) is 24.5 Å². The zero-order valence-corrected chi connectivity index (χ0v) is 15.9. The molecule has 1 amide bonds. The third-order valence-electron chi connectivity index (χ3n) is 5.53. The summed E-state index contributed by atoms with van der Waals surface area (Å²) in [6.45, 7) is 2.05. The molecule has 2 heterocycles. The molecule has 0 spiro atoms. The van der Waals surface area contributed by atoms with E-state index in [1.165, 1.54) is 0 Å². The van der Waals surface area contributed by atoms with Gasteiger partial charge in [-0.2, -0.15) is 0 Å². The Kier molecular flexibility index (Phi) is 4.82. The van der Waals surface area contributed by atoms with Crippen molar-refractivity contribution in [3.8, 4) is 11.3 Å². The van der Waals surface area contributed by atoms with E-state index >= 15 is 0 Å². The lowest BCUT2D eigenvalue weighted by atomic mass is 9.87. The molecule has 1 aromatic carbocycles. The summed E-state index contributed by atoms with van der Waals surface area (Å²) < 4.78 is 0. The van der Waals surface area contributed by atoms with E-state index in [1.807, 2.05) is 18.2 Å². The number of aryl methyl sites for hydroxylation is 1. The molecule has 0 unspecified atom stereocenters. The highest BCUT2D eigenvalue weighted by atomic mass is 16.2. The second-order valence-electron chi connectivity index (χ2n) is 7.46. The lowest BCUT2D eigenvalue weighted by molar-refractivity contribution is 0.0896. The fourth-order valence-electron chi connectivity index (χ4n) is 4.04. The van der Waals surface area contributed by atoms with Crippen LogP contribution in [0.25, 0.3) is 11.3 Å². The predicted molar refractivity (Wildman–Crippen MR) is 109 cm³/mol. The lowest BCUT2D eigenvalue weighted by Gasteiger charge is -2.31. The Morgan fingerprint density at radius 2 is 1.82 bits per heavy atom. The Morgan fingerprint density at radius 1 is 1.07 bits per heavy atom. The van der Waals surface area contributed by atoms with E-state index < -0.39 is 5.54 Å². The van der Waals surface area contributed by atoms with Crippen molar-refractivity contribution >= 4 is 5.91 Å². The molecular formula is C23H23N3O2. The number of hydrogen-bond donors (Lipinski definition) is 2. The van der Waals surface area contributed by atoms with Crippen LogP contribution >= 0.6 is 0 Å². The largest absolute Gasteiger partial charge is 0.342 e. The summed E-state index contributed by atoms with van der Waals surface area (Å²) in [7, 11) is 0. The third kappa shape index (κ3) is 3.48. The molecule has 2 aromatic heterocycles. The van der Waals surface area contributed by atoms with Crippen molar-refractivity contribution in [1.82, 2.24) is 15.3 Å². The number of carbonyl (C=O) groups is 1. The molecule has 0 radical (unpaired) electrons. The van der Waals surface area contributed by atoms with Gasteiger partial charge in [0.25, 0.3) is 11.5 Å². The molecule has 0 atom stereocenters. The molecule has 0 aliphatic heterocycles. The quantitative estimate of drug-likeness (QED) is 0.727. The van der Waals surface area contributed by atoms with Crippen LogP contribution < -0.4 is 10.9 Å². The Bertz CT molecular complexity index is 1050. The van der Waals surface area contributed by atoms with Crippen molar-refractivity contribution in [2.24, 2.45) is 0 Å². The minimum Gasteiger partial charge on any atom is -0.342 e. The summed E-state index contributed by atoms with van der Waals surface area (Å²) in [6, 6.07) is 15.3. The van der Waals surface area contributed by atoms with Crippen molar-refractivity contribution in [1.29, 1.82) is 0 Å². The molecule has 4 rings (SSSR count). The van der Waals surface area contributed by atoms with Crippen LogP contribution in [-0.2, 0) is 5.54 Å². The van der Waals surface area contributed by atoms with Gasteiger partial charge in [0.2, 0.25) is 0 Å². The molecule has 5 heteroatoms. The number of benzene rings is 1. The number of nitrogens with one attached hydrogen (secondary N) is 2. The number of pyridine rings is 2. The Hall–Kier alpha value is -3.21. The van der Waals surface area contributed by atoms with Crippen molar-refractivity contribution in [2.75, 3.05) is 0 Å². The molecule has 5 nitrogen and oxygen atoms in total. The van der Waals surface area contributed by atoms with Crippen LogP contribution in [0.4, 0.5) is 0 Å². The van der Waals surface area contributed by atoms with Crippen LogP contribution in [0.2, 0.25) is 0 Å². The smallest absolute Gasteiger partial charge is 0.261 e. The normalized spacial score (nSPS) is 15.3. The first-order valence-electron chi connectivity index (χ1n) is 9.61. The second kappa shape index (κ2) is 7.43. The number of hydrogen-bond acceptors (Lipinski definition) is 3. The second-order valence-corrected chi connectivity index (χ2v) is 7.46. The number of aromatic nitrogens is 2. The fourth-order valence-corrected chi connectivity index (χ4v) is 4.04. The van der Waals surface area contributed by atoms with Gasteiger partial charge >= 0.3 is 0 Å². The first-order chi connectivity index (χ1) is 13.6. The van der Waals surface area contributed by atoms with Gasteiger partial charge in [-0.3, -0.25) is 14.6 Å². The van der Waals surface area contributed by atoms with Gasteiger partial charge in [0.05, 0.1) is 5.54 Å². The average molecular weight is 373 g/mol. The maximum Gasteiger partial charge on any atom is 0.261 e. The van der Waals surface area contributed by atoms with E-state index in [0.29, 0.717) is 5.69 Å². The maximum absolute atomic E-state index is 13.0. The standard InChI is InChI=1S/C23H23N3O2/c1-16-5-4-6-18(15-16)23(11-2-3-12-23)26-22(28)19-7-8-20(25-21(19)27)17-9-13-24-14-10-17/h4-10,13-15H,2-3,11-12H2,1H3,(H,25,27)(H,26,28). The van der Waals surface area contributed by atoms with Crippen LogP contribution in [0, 0.1) is 6.92 Å². The first kappa shape index (κ1) is 18.2. The van der Waals surface area contributed by atoms with E-state index in [-0.39, 0.29) is 17.0 Å². The van der Waals surface area contributed by atoms with Gasteiger partial charge in [0, 0.05) is 23.7 Å². The number of carbonyl (C=O) groups excluding carboxylic acids is 1. The molecule has 28 heavy (non-hydrogen) atoms. The molecule has 1 aliphatic carbocycles. The summed E-state index contributed by atoms with van der Waals surface area (Å²) in [5.41, 5.74) is 3.14. The number of amides is 1. The molecule has 1 saturated carbocycles. The monoisotopic (exact) mass is 373 g/mol. The van der Waals surface area contributed by atoms with Gasteiger partial charge in [-0.15, -0.1) is 0 Å². The molecule has 0 bridgehead atoms. The molecule has 142 valence electrons. The highest BCUT2D eigenvalue weighted by molar-refractivity contribution is 5.94. The SMILES string of the molecule is Cc1cccc(C2(NC(=O)c3ccc(-c4ccncc4)[nH]c3=O)CCCC2)c1. The van der Waals surface area contributed by atoms with E-state index in [9.17, 15) is 9.59 Å². The Labute approximate surface area is 163 Å². The van der Waals surface area contributed by atoms with Crippen LogP contribution in [-0.4, -0.2) is 15.9 Å². The minimum absolute atomic E-state index is 0.136. The topological polar surface area (TPSA) is 74.8 Å². The number of rotatable bonds is 4. The van der Waals surface area contributed by atoms with Crippen LogP contribution in [0.1, 0.15) is 47.2 Å². The lowest BCUT2D eigenvalue weighted by Crippen LogP contribution is -2.45. The molecule has 1 fully saturated rings. The zero-order chi connectivity index (χ0) is 19.6. The molecule has 0 saturated heterocycles. The van der Waals surface area contributed by atoms with Gasteiger partial charge in [0.1, 0.15) is 5.56 Å². The van der Waals surface area contributed by atoms with Crippen molar-refractivity contribution in [3.05, 3.63) is 88.0 Å². The van der Waals surface area contributed by atoms with E-state index in [2.05, 4.69) is 40.4 Å². The number of nitrogens with zero attached hydrogens (tertiary/aromatic N) is 1. The number of H-pyrrole nitrogens is 1.